The van der Waals surface area contributed by atoms with E-state index in [0.717, 1.165) is 23.4 Å². The fourth-order valence-corrected chi connectivity index (χ4v) is 2.11. The number of nitrogens with zero attached hydrogens (tertiary/aromatic N) is 1. The standard InChI is InChI=1S/C13H10N2O2/c16-15(17)11-5-6-13-10(8-11)7-9-3-1-2-4-12(9)14-13/h1-6,8,14H,7H2. The minimum atomic E-state index is -0.360. The molecule has 1 N–H and O–H groups in total. The highest BCUT2D eigenvalue weighted by Gasteiger charge is 2.17. The molecule has 0 aliphatic carbocycles. The van der Waals surface area contributed by atoms with Crippen molar-refractivity contribution in [1.29, 1.82) is 0 Å². The third-order valence-electron chi connectivity index (χ3n) is 2.97. The first-order valence-electron chi connectivity index (χ1n) is 5.36. The topological polar surface area (TPSA) is 55.2 Å². The van der Waals surface area contributed by atoms with Gasteiger partial charge in [0.15, 0.2) is 0 Å². The van der Waals surface area contributed by atoms with Crippen molar-refractivity contribution in [3.63, 3.8) is 0 Å². The summed E-state index contributed by atoms with van der Waals surface area (Å²) in [6.45, 7) is 0. The van der Waals surface area contributed by atoms with Crippen LogP contribution in [0.25, 0.3) is 0 Å². The molecule has 0 saturated heterocycles. The quantitative estimate of drug-likeness (QED) is 0.512. The maximum atomic E-state index is 10.7. The summed E-state index contributed by atoms with van der Waals surface area (Å²) in [7, 11) is 0. The summed E-state index contributed by atoms with van der Waals surface area (Å²) in [5.74, 6) is 0. The lowest BCUT2D eigenvalue weighted by atomic mass is 9.97. The van der Waals surface area contributed by atoms with Crippen LogP contribution in [-0.4, -0.2) is 4.92 Å². The van der Waals surface area contributed by atoms with Gasteiger partial charge in [0, 0.05) is 29.9 Å². The number of benzene rings is 2. The van der Waals surface area contributed by atoms with Gasteiger partial charge in [0.05, 0.1) is 4.92 Å². The third-order valence-corrected chi connectivity index (χ3v) is 2.97. The number of hydrogen-bond donors (Lipinski definition) is 1. The number of hydrogen-bond acceptors (Lipinski definition) is 3. The van der Waals surface area contributed by atoms with Crippen LogP contribution < -0.4 is 5.32 Å². The second-order valence-electron chi connectivity index (χ2n) is 4.06. The summed E-state index contributed by atoms with van der Waals surface area (Å²) >= 11 is 0. The smallest absolute Gasteiger partial charge is 0.269 e. The van der Waals surface area contributed by atoms with Crippen molar-refractivity contribution in [1.82, 2.24) is 0 Å². The van der Waals surface area contributed by atoms with Crippen molar-refractivity contribution in [2.75, 3.05) is 5.32 Å². The highest BCUT2D eigenvalue weighted by Crippen LogP contribution is 2.34. The number of nitro benzene ring substituents is 1. The molecular weight excluding hydrogens is 216 g/mol. The molecule has 0 bridgehead atoms. The molecule has 0 fully saturated rings. The highest BCUT2D eigenvalue weighted by atomic mass is 16.6. The normalized spacial score (nSPS) is 12.2. The molecule has 0 radical (unpaired) electrons. The maximum absolute atomic E-state index is 10.7. The fraction of sp³-hybridized carbons (Fsp3) is 0.0769. The summed E-state index contributed by atoms with van der Waals surface area (Å²) in [5, 5.41) is 14.0. The molecule has 0 atom stereocenters. The van der Waals surface area contributed by atoms with Crippen LogP contribution in [0.2, 0.25) is 0 Å². The second-order valence-corrected chi connectivity index (χ2v) is 4.06. The van der Waals surface area contributed by atoms with E-state index in [4.69, 9.17) is 0 Å². The van der Waals surface area contributed by atoms with E-state index in [1.807, 2.05) is 24.3 Å². The summed E-state index contributed by atoms with van der Waals surface area (Å²) in [6, 6.07) is 12.9. The lowest BCUT2D eigenvalue weighted by Gasteiger charge is -2.20. The molecule has 0 saturated carbocycles. The van der Waals surface area contributed by atoms with Gasteiger partial charge in [-0.15, -0.1) is 0 Å². The van der Waals surface area contributed by atoms with Gasteiger partial charge in [-0.2, -0.15) is 0 Å². The summed E-state index contributed by atoms with van der Waals surface area (Å²) in [5.41, 5.74) is 4.31. The Labute approximate surface area is 98.1 Å². The first-order valence-corrected chi connectivity index (χ1v) is 5.36. The first-order chi connectivity index (χ1) is 8.24. The van der Waals surface area contributed by atoms with Gasteiger partial charge in [-0.05, 0) is 23.3 Å². The molecule has 4 heteroatoms. The van der Waals surface area contributed by atoms with E-state index in [0.29, 0.717) is 0 Å². The lowest BCUT2D eigenvalue weighted by Crippen LogP contribution is -2.06. The van der Waals surface area contributed by atoms with Crippen LogP contribution in [0.5, 0.6) is 0 Å². The van der Waals surface area contributed by atoms with Gasteiger partial charge in [-0.3, -0.25) is 10.1 Å². The molecule has 1 aliphatic rings. The Kier molecular flexibility index (Phi) is 2.08. The molecule has 84 valence electrons. The summed E-state index contributed by atoms with van der Waals surface area (Å²) < 4.78 is 0. The minimum absolute atomic E-state index is 0.143. The van der Waals surface area contributed by atoms with Crippen LogP contribution in [-0.2, 0) is 6.42 Å². The predicted molar refractivity (Wildman–Crippen MR) is 65.6 cm³/mol. The molecule has 1 aliphatic heterocycles. The van der Waals surface area contributed by atoms with Crippen LogP contribution in [0.3, 0.4) is 0 Å². The molecule has 3 rings (SSSR count). The predicted octanol–water partition coefficient (Wildman–Crippen LogP) is 3.24. The Morgan fingerprint density at radius 1 is 1.06 bits per heavy atom. The van der Waals surface area contributed by atoms with Crippen molar-refractivity contribution in [3.8, 4) is 0 Å². The monoisotopic (exact) mass is 226 g/mol. The molecule has 0 spiro atoms. The van der Waals surface area contributed by atoms with Gasteiger partial charge >= 0.3 is 0 Å². The Balaban J connectivity index is 2.06. The lowest BCUT2D eigenvalue weighted by molar-refractivity contribution is -0.384. The van der Waals surface area contributed by atoms with Gasteiger partial charge < -0.3 is 5.32 Å². The number of non-ortho nitro benzene ring substituents is 1. The number of para-hydroxylation sites is 1. The summed E-state index contributed by atoms with van der Waals surface area (Å²) in [4.78, 5) is 10.4. The molecule has 0 aromatic heterocycles. The van der Waals surface area contributed by atoms with Crippen LogP contribution in [0.4, 0.5) is 17.1 Å². The SMILES string of the molecule is O=[N+]([O-])c1ccc2c(c1)Cc1ccccc1N2. The number of nitrogens with one attached hydrogen (secondary N) is 1. The number of anilines is 2. The van der Waals surface area contributed by atoms with Crippen molar-refractivity contribution in [2.45, 2.75) is 6.42 Å². The van der Waals surface area contributed by atoms with Gasteiger partial charge in [-0.1, -0.05) is 18.2 Å². The molecule has 4 nitrogen and oxygen atoms in total. The van der Waals surface area contributed by atoms with Crippen LogP contribution in [0.15, 0.2) is 42.5 Å². The average molecular weight is 226 g/mol. The van der Waals surface area contributed by atoms with Crippen molar-refractivity contribution in [3.05, 3.63) is 63.7 Å². The largest absolute Gasteiger partial charge is 0.355 e. The van der Waals surface area contributed by atoms with E-state index < -0.39 is 0 Å². The maximum Gasteiger partial charge on any atom is 0.269 e. The Bertz CT molecular complexity index is 608. The molecule has 1 heterocycles. The Hall–Kier alpha value is -2.36. The molecule has 0 unspecified atom stereocenters. The van der Waals surface area contributed by atoms with E-state index in [-0.39, 0.29) is 10.6 Å². The third kappa shape index (κ3) is 1.63. The second kappa shape index (κ2) is 3.59. The zero-order chi connectivity index (χ0) is 11.8. The number of rotatable bonds is 1. The molecule has 0 amide bonds. The first kappa shape index (κ1) is 9.84. The van der Waals surface area contributed by atoms with Crippen molar-refractivity contribution < 1.29 is 4.92 Å². The van der Waals surface area contributed by atoms with Crippen molar-refractivity contribution in [2.24, 2.45) is 0 Å². The molecular formula is C13H10N2O2. The average Bonchev–Trinajstić information content (AvgIpc) is 2.35. The van der Waals surface area contributed by atoms with Gasteiger partial charge in [0.25, 0.3) is 5.69 Å². The van der Waals surface area contributed by atoms with E-state index in [1.54, 1.807) is 12.1 Å². The minimum Gasteiger partial charge on any atom is -0.355 e. The number of fused-ring (bicyclic) bond motifs is 2. The van der Waals surface area contributed by atoms with E-state index in [2.05, 4.69) is 5.32 Å². The molecule has 2 aromatic carbocycles. The van der Waals surface area contributed by atoms with Crippen LogP contribution in [0.1, 0.15) is 11.1 Å². The van der Waals surface area contributed by atoms with E-state index >= 15 is 0 Å². The molecule has 2 aromatic rings. The van der Waals surface area contributed by atoms with Crippen molar-refractivity contribution >= 4 is 17.1 Å². The number of nitro groups is 1. The summed E-state index contributed by atoms with van der Waals surface area (Å²) in [6.07, 6.45) is 0.736. The zero-order valence-electron chi connectivity index (χ0n) is 9.01. The van der Waals surface area contributed by atoms with Crippen LogP contribution >= 0.6 is 0 Å². The van der Waals surface area contributed by atoms with E-state index in [9.17, 15) is 10.1 Å². The van der Waals surface area contributed by atoms with Gasteiger partial charge in [0.2, 0.25) is 0 Å². The fourth-order valence-electron chi connectivity index (χ4n) is 2.11. The highest BCUT2D eigenvalue weighted by molar-refractivity contribution is 5.72. The van der Waals surface area contributed by atoms with Crippen LogP contribution in [0, 0.1) is 10.1 Å². The Morgan fingerprint density at radius 2 is 1.82 bits per heavy atom. The van der Waals surface area contributed by atoms with Gasteiger partial charge in [0.1, 0.15) is 0 Å². The van der Waals surface area contributed by atoms with E-state index in [1.165, 1.54) is 11.6 Å². The Morgan fingerprint density at radius 3 is 2.65 bits per heavy atom. The molecule has 17 heavy (non-hydrogen) atoms. The van der Waals surface area contributed by atoms with Gasteiger partial charge in [-0.25, -0.2) is 0 Å². The zero-order valence-corrected chi connectivity index (χ0v) is 9.01.